The predicted molar refractivity (Wildman–Crippen MR) is 140 cm³/mol. The molecule has 0 amide bonds. The highest BCUT2D eigenvalue weighted by Crippen LogP contribution is 2.46. The number of nitrogens with zero attached hydrogens (tertiary/aromatic N) is 2. The van der Waals surface area contributed by atoms with Gasteiger partial charge < -0.3 is 14.6 Å². The summed E-state index contributed by atoms with van der Waals surface area (Å²) in [6, 6.07) is 15.5. The second kappa shape index (κ2) is 10.6. The molecule has 2 aliphatic heterocycles. The number of unbranched alkanes of at least 4 members (excludes halogenated alkanes) is 1. The van der Waals surface area contributed by atoms with Gasteiger partial charge in [0, 0.05) is 17.9 Å². The Balaban J connectivity index is 1.40. The first-order valence-corrected chi connectivity index (χ1v) is 12.9. The molecule has 5 nitrogen and oxygen atoms in total. The van der Waals surface area contributed by atoms with E-state index in [9.17, 15) is 5.11 Å². The first kappa shape index (κ1) is 23.6. The number of allylic oxidation sites excluding steroid dienone is 4. The lowest BCUT2D eigenvalue weighted by Crippen LogP contribution is -2.27. The third-order valence-corrected chi connectivity index (χ3v) is 7.20. The van der Waals surface area contributed by atoms with E-state index < -0.39 is 0 Å². The maximum absolute atomic E-state index is 10.5. The van der Waals surface area contributed by atoms with Gasteiger partial charge in [0.1, 0.15) is 17.3 Å². The Morgan fingerprint density at radius 1 is 1.06 bits per heavy atom. The molecule has 3 unspecified atom stereocenters. The zero-order valence-corrected chi connectivity index (χ0v) is 20.6. The third kappa shape index (κ3) is 5.10. The fourth-order valence-corrected chi connectivity index (χ4v) is 5.04. The lowest BCUT2D eigenvalue weighted by Gasteiger charge is -2.26. The van der Waals surface area contributed by atoms with Crippen LogP contribution in [-0.2, 0) is 4.74 Å². The second-order valence-corrected chi connectivity index (χ2v) is 9.59. The average Bonchev–Trinajstić information content (AvgIpc) is 3.27. The van der Waals surface area contributed by atoms with Gasteiger partial charge in [0.05, 0.1) is 17.9 Å². The van der Waals surface area contributed by atoms with Gasteiger partial charge >= 0.3 is 0 Å². The number of benzene rings is 2. The third-order valence-electron chi connectivity index (χ3n) is 7.20. The van der Waals surface area contributed by atoms with E-state index in [-0.39, 0.29) is 17.9 Å². The number of amidine groups is 1. The van der Waals surface area contributed by atoms with E-state index in [0.717, 1.165) is 30.1 Å². The molecule has 5 heteroatoms. The summed E-state index contributed by atoms with van der Waals surface area (Å²) in [5.74, 6) is 3.40. The van der Waals surface area contributed by atoms with Crippen molar-refractivity contribution >= 4 is 11.5 Å². The van der Waals surface area contributed by atoms with Crippen molar-refractivity contribution in [3.8, 4) is 11.5 Å². The number of para-hydroxylation sites is 2. The lowest BCUT2D eigenvalue weighted by atomic mass is 9.85. The molecule has 2 aromatic rings. The number of phenols is 1. The van der Waals surface area contributed by atoms with Crippen molar-refractivity contribution in [2.75, 3.05) is 6.61 Å². The van der Waals surface area contributed by atoms with Gasteiger partial charge in [0.15, 0.2) is 12.1 Å². The maximum Gasteiger partial charge on any atom is 0.161 e. The zero-order valence-electron chi connectivity index (χ0n) is 20.6. The SMILES string of the molecule is CCCCC(CC)COC1CC(C2=CC=C3Oc4ccccc4C3C2)=NC(c2ccccc2O)=N1. The number of hydrogen-bond acceptors (Lipinski definition) is 5. The van der Waals surface area contributed by atoms with Crippen LogP contribution < -0.4 is 4.74 Å². The Morgan fingerprint density at radius 3 is 2.71 bits per heavy atom. The van der Waals surface area contributed by atoms with Gasteiger partial charge in [0.25, 0.3) is 0 Å². The molecule has 3 aliphatic rings. The molecule has 0 bridgehead atoms. The summed E-state index contributed by atoms with van der Waals surface area (Å²) in [5.41, 5.74) is 4.02. The molecule has 0 radical (unpaired) electrons. The molecule has 0 saturated heterocycles. The van der Waals surface area contributed by atoms with Crippen LogP contribution in [0.1, 0.15) is 69.4 Å². The van der Waals surface area contributed by atoms with Crippen LogP contribution in [0.4, 0.5) is 0 Å². The van der Waals surface area contributed by atoms with Gasteiger partial charge in [-0.1, -0.05) is 69.5 Å². The predicted octanol–water partition coefficient (Wildman–Crippen LogP) is 6.93. The normalized spacial score (nSPS) is 21.7. The Labute approximate surface area is 207 Å². The molecule has 35 heavy (non-hydrogen) atoms. The van der Waals surface area contributed by atoms with Gasteiger partial charge in [0.2, 0.25) is 0 Å². The number of rotatable bonds is 9. The Kier molecular flexibility index (Phi) is 7.14. The summed E-state index contributed by atoms with van der Waals surface area (Å²) < 4.78 is 12.4. The minimum atomic E-state index is -0.314. The van der Waals surface area contributed by atoms with Crippen LogP contribution >= 0.6 is 0 Å². The van der Waals surface area contributed by atoms with E-state index in [1.165, 1.54) is 30.4 Å². The van der Waals surface area contributed by atoms with E-state index in [1.54, 1.807) is 6.07 Å². The lowest BCUT2D eigenvalue weighted by molar-refractivity contribution is 0.0346. The Hall–Kier alpha value is -3.18. The molecular weight excluding hydrogens is 436 g/mol. The molecule has 0 spiro atoms. The highest BCUT2D eigenvalue weighted by Gasteiger charge is 2.34. The maximum atomic E-state index is 10.5. The van der Waals surface area contributed by atoms with Crippen molar-refractivity contribution in [1.29, 1.82) is 0 Å². The first-order valence-electron chi connectivity index (χ1n) is 12.9. The second-order valence-electron chi connectivity index (χ2n) is 9.59. The number of phenolic OH excluding ortho intramolecular Hbond substituents is 1. The van der Waals surface area contributed by atoms with Gasteiger partial charge in [-0.25, -0.2) is 9.98 Å². The summed E-state index contributed by atoms with van der Waals surface area (Å²) in [6.45, 7) is 5.15. The molecule has 3 atom stereocenters. The van der Waals surface area contributed by atoms with Crippen LogP contribution in [0.15, 0.2) is 82.0 Å². The van der Waals surface area contributed by atoms with E-state index in [0.29, 0.717) is 30.3 Å². The minimum Gasteiger partial charge on any atom is -0.507 e. The van der Waals surface area contributed by atoms with Gasteiger partial charge in [-0.2, -0.15) is 0 Å². The number of aliphatic imine (C=N–C) groups is 2. The highest BCUT2D eigenvalue weighted by atomic mass is 16.5. The summed E-state index contributed by atoms with van der Waals surface area (Å²) in [7, 11) is 0. The monoisotopic (exact) mass is 470 g/mol. The number of aromatic hydroxyl groups is 1. The van der Waals surface area contributed by atoms with Crippen LogP contribution in [-0.4, -0.2) is 29.5 Å². The fourth-order valence-electron chi connectivity index (χ4n) is 5.04. The van der Waals surface area contributed by atoms with Gasteiger partial charge in [-0.05, 0) is 48.6 Å². The quantitative estimate of drug-likeness (QED) is 0.432. The molecule has 2 heterocycles. The molecule has 1 N–H and O–H groups in total. The van der Waals surface area contributed by atoms with Crippen LogP contribution in [0.25, 0.3) is 0 Å². The molecule has 0 saturated carbocycles. The summed E-state index contributed by atoms with van der Waals surface area (Å²) in [4.78, 5) is 9.77. The summed E-state index contributed by atoms with van der Waals surface area (Å²) >= 11 is 0. The van der Waals surface area contributed by atoms with Crippen LogP contribution in [0, 0.1) is 5.92 Å². The minimum absolute atomic E-state index is 0.183. The smallest absolute Gasteiger partial charge is 0.161 e. The van der Waals surface area contributed by atoms with Crippen molar-refractivity contribution in [1.82, 2.24) is 0 Å². The van der Waals surface area contributed by atoms with Gasteiger partial charge in [-0.3, -0.25) is 0 Å². The number of fused-ring (bicyclic) bond motifs is 3. The summed E-state index contributed by atoms with van der Waals surface area (Å²) in [6.07, 6.45) is 10.0. The van der Waals surface area contributed by atoms with Crippen LogP contribution in [0.5, 0.6) is 11.5 Å². The van der Waals surface area contributed by atoms with Crippen LogP contribution in [0.3, 0.4) is 0 Å². The van der Waals surface area contributed by atoms with E-state index in [2.05, 4.69) is 38.1 Å². The number of ether oxygens (including phenoxy) is 2. The molecule has 182 valence electrons. The standard InChI is InChI=1S/C30H34N2O3/c1-3-5-10-20(4-2)19-34-29-18-25(31-30(32-29)23-12-6-8-13-26(23)33)21-15-16-28-24(17-21)22-11-7-9-14-27(22)35-28/h6-9,11-16,20,24,29,33H,3-5,10,17-19H2,1-2H3. The largest absolute Gasteiger partial charge is 0.507 e. The van der Waals surface area contributed by atoms with E-state index in [4.69, 9.17) is 19.5 Å². The highest BCUT2D eigenvalue weighted by molar-refractivity contribution is 6.14. The van der Waals surface area contributed by atoms with Gasteiger partial charge in [-0.15, -0.1) is 0 Å². The van der Waals surface area contributed by atoms with E-state index in [1.807, 2.05) is 30.3 Å². The first-order chi connectivity index (χ1) is 17.2. The molecule has 1 aliphatic carbocycles. The van der Waals surface area contributed by atoms with Crippen molar-refractivity contribution < 1.29 is 14.6 Å². The molecule has 2 aromatic carbocycles. The van der Waals surface area contributed by atoms with Crippen molar-refractivity contribution in [2.24, 2.45) is 15.9 Å². The molecule has 0 aromatic heterocycles. The molecular formula is C30H34N2O3. The fraction of sp³-hybridized carbons (Fsp3) is 0.400. The van der Waals surface area contributed by atoms with Crippen LogP contribution in [0.2, 0.25) is 0 Å². The summed E-state index contributed by atoms with van der Waals surface area (Å²) in [5, 5.41) is 10.5. The van der Waals surface area contributed by atoms with Crippen molar-refractivity contribution in [3.63, 3.8) is 0 Å². The Bertz CT molecular complexity index is 1190. The van der Waals surface area contributed by atoms with E-state index >= 15 is 0 Å². The van der Waals surface area contributed by atoms with Crippen molar-refractivity contribution in [2.45, 2.75) is 64.5 Å². The molecule has 5 rings (SSSR count). The number of hydrogen-bond donors (Lipinski definition) is 1. The average molecular weight is 471 g/mol. The zero-order chi connectivity index (χ0) is 24.2. The van der Waals surface area contributed by atoms with Crippen molar-refractivity contribution in [3.05, 3.63) is 83.1 Å². The molecule has 0 fully saturated rings. The Morgan fingerprint density at radius 2 is 1.89 bits per heavy atom. The topological polar surface area (TPSA) is 63.4 Å².